The van der Waals surface area contributed by atoms with Crippen molar-refractivity contribution >= 4 is 11.9 Å². The molecule has 0 heterocycles. The molecular formula is C18H27NO4. The van der Waals surface area contributed by atoms with Crippen LogP contribution in [0.3, 0.4) is 0 Å². The average molecular weight is 321 g/mol. The van der Waals surface area contributed by atoms with E-state index in [0.29, 0.717) is 13.1 Å². The number of nitrogens with zero attached hydrogens (tertiary/aromatic N) is 1. The average Bonchev–Trinajstić information content (AvgIpc) is 2.48. The van der Waals surface area contributed by atoms with E-state index >= 15 is 0 Å². The summed E-state index contributed by atoms with van der Waals surface area (Å²) < 4.78 is 10.5. The Morgan fingerprint density at radius 2 is 1.74 bits per heavy atom. The van der Waals surface area contributed by atoms with E-state index in [1.54, 1.807) is 0 Å². The molecule has 23 heavy (non-hydrogen) atoms. The maximum atomic E-state index is 11.9. The molecule has 0 aliphatic rings. The van der Waals surface area contributed by atoms with E-state index in [4.69, 9.17) is 9.47 Å². The van der Waals surface area contributed by atoms with Crippen LogP contribution in [0.5, 0.6) is 0 Å². The zero-order valence-corrected chi connectivity index (χ0v) is 14.5. The highest BCUT2D eigenvalue weighted by Crippen LogP contribution is 2.08. The van der Waals surface area contributed by atoms with Crippen molar-refractivity contribution in [2.75, 3.05) is 19.6 Å². The summed E-state index contributed by atoms with van der Waals surface area (Å²) in [5.41, 5.74) is 0.473. The van der Waals surface area contributed by atoms with Gasteiger partial charge in [-0.05, 0) is 32.9 Å². The van der Waals surface area contributed by atoms with Gasteiger partial charge in [-0.2, -0.15) is 0 Å². The fourth-order valence-electron chi connectivity index (χ4n) is 1.96. The topological polar surface area (TPSA) is 55.8 Å². The van der Waals surface area contributed by atoms with Crippen LogP contribution in [-0.4, -0.2) is 42.1 Å². The molecule has 0 radical (unpaired) electrons. The van der Waals surface area contributed by atoms with Crippen molar-refractivity contribution in [2.24, 2.45) is 0 Å². The van der Waals surface area contributed by atoms with Crippen LogP contribution in [-0.2, 0) is 25.7 Å². The molecule has 0 unspecified atom stereocenters. The maximum Gasteiger partial charge on any atom is 0.320 e. The van der Waals surface area contributed by atoms with E-state index in [-0.39, 0.29) is 31.5 Å². The number of esters is 2. The predicted octanol–water partition coefficient (Wildman–Crippen LogP) is 2.78. The highest BCUT2D eigenvalue weighted by Gasteiger charge is 2.18. The quantitative estimate of drug-likeness (QED) is 0.689. The Kier molecular flexibility index (Phi) is 7.75. The number of likely N-dealkylation sites (N-methyl/N-ethyl adjacent to an activating group) is 1. The molecule has 1 aromatic rings. The van der Waals surface area contributed by atoms with Gasteiger partial charge in [-0.1, -0.05) is 37.3 Å². The highest BCUT2D eigenvalue weighted by molar-refractivity contribution is 5.72. The standard InChI is InChI=1S/C18H27NO4/c1-5-19(12-11-16(20)23-18(2,3)4)13-17(21)22-14-15-9-7-6-8-10-15/h6-10H,5,11-14H2,1-4H3. The molecule has 0 aliphatic carbocycles. The van der Waals surface area contributed by atoms with Gasteiger partial charge in [-0.25, -0.2) is 0 Å². The second-order valence-corrected chi connectivity index (χ2v) is 6.35. The molecule has 0 atom stereocenters. The maximum absolute atomic E-state index is 11.9. The molecule has 5 heteroatoms. The zero-order chi connectivity index (χ0) is 17.3. The molecule has 0 amide bonds. The van der Waals surface area contributed by atoms with E-state index in [1.165, 1.54) is 0 Å². The number of benzene rings is 1. The first kappa shape index (κ1) is 19.2. The Morgan fingerprint density at radius 3 is 2.30 bits per heavy atom. The van der Waals surface area contributed by atoms with Crippen LogP contribution in [0.4, 0.5) is 0 Å². The van der Waals surface area contributed by atoms with Crippen LogP contribution < -0.4 is 0 Å². The first-order valence-corrected chi connectivity index (χ1v) is 7.94. The van der Waals surface area contributed by atoms with Crippen LogP contribution in [0.25, 0.3) is 0 Å². The van der Waals surface area contributed by atoms with Crippen LogP contribution in [0.15, 0.2) is 30.3 Å². The summed E-state index contributed by atoms with van der Waals surface area (Å²) in [5.74, 6) is -0.548. The molecular weight excluding hydrogens is 294 g/mol. The molecule has 1 aromatic carbocycles. The number of carbonyl (C=O) groups excluding carboxylic acids is 2. The molecule has 5 nitrogen and oxygen atoms in total. The van der Waals surface area contributed by atoms with Crippen molar-refractivity contribution in [1.29, 1.82) is 0 Å². The number of hydrogen-bond acceptors (Lipinski definition) is 5. The van der Waals surface area contributed by atoms with Crippen LogP contribution in [0, 0.1) is 0 Å². The monoisotopic (exact) mass is 321 g/mol. The molecule has 1 rings (SSSR count). The van der Waals surface area contributed by atoms with E-state index in [0.717, 1.165) is 5.56 Å². The van der Waals surface area contributed by atoms with Crippen LogP contribution in [0.2, 0.25) is 0 Å². The van der Waals surface area contributed by atoms with E-state index < -0.39 is 5.60 Å². The Labute approximate surface area is 138 Å². The fourth-order valence-corrected chi connectivity index (χ4v) is 1.96. The number of rotatable bonds is 8. The van der Waals surface area contributed by atoms with Gasteiger partial charge in [-0.15, -0.1) is 0 Å². The minimum Gasteiger partial charge on any atom is -0.460 e. The molecule has 0 N–H and O–H groups in total. The van der Waals surface area contributed by atoms with Crippen LogP contribution >= 0.6 is 0 Å². The van der Waals surface area contributed by atoms with Crippen molar-refractivity contribution < 1.29 is 19.1 Å². The first-order valence-electron chi connectivity index (χ1n) is 7.94. The van der Waals surface area contributed by atoms with Crippen molar-refractivity contribution in [3.63, 3.8) is 0 Å². The van der Waals surface area contributed by atoms with Crippen molar-refractivity contribution in [3.05, 3.63) is 35.9 Å². The Balaban J connectivity index is 2.32. The lowest BCUT2D eigenvalue weighted by Gasteiger charge is -2.22. The summed E-state index contributed by atoms with van der Waals surface area (Å²) in [6.07, 6.45) is 0.261. The predicted molar refractivity (Wildman–Crippen MR) is 88.8 cm³/mol. The van der Waals surface area contributed by atoms with Gasteiger partial charge in [0.25, 0.3) is 0 Å². The molecule has 0 aromatic heterocycles. The van der Waals surface area contributed by atoms with E-state index in [9.17, 15) is 9.59 Å². The van der Waals surface area contributed by atoms with Gasteiger partial charge < -0.3 is 9.47 Å². The normalized spacial score (nSPS) is 11.3. The van der Waals surface area contributed by atoms with Crippen molar-refractivity contribution in [2.45, 2.75) is 46.3 Å². The summed E-state index contributed by atoms with van der Waals surface area (Å²) in [6.45, 7) is 9.04. The third-order valence-corrected chi connectivity index (χ3v) is 3.09. The molecule has 0 spiro atoms. The zero-order valence-electron chi connectivity index (χ0n) is 14.5. The minimum atomic E-state index is -0.483. The van der Waals surface area contributed by atoms with Gasteiger partial charge in [-0.3, -0.25) is 14.5 Å². The molecule has 0 saturated carbocycles. The van der Waals surface area contributed by atoms with Gasteiger partial charge in [0.05, 0.1) is 13.0 Å². The molecule has 0 bridgehead atoms. The number of ether oxygens (including phenoxy) is 2. The lowest BCUT2D eigenvalue weighted by atomic mass is 10.2. The number of carbonyl (C=O) groups is 2. The van der Waals surface area contributed by atoms with E-state index in [2.05, 4.69) is 0 Å². The molecule has 0 fully saturated rings. The van der Waals surface area contributed by atoms with Crippen molar-refractivity contribution in [1.82, 2.24) is 4.90 Å². The summed E-state index contributed by atoms with van der Waals surface area (Å²) in [5, 5.41) is 0. The van der Waals surface area contributed by atoms with Gasteiger partial charge >= 0.3 is 11.9 Å². The van der Waals surface area contributed by atoms with Gasteiger partial charge in [0.2, 0.25) is 0 Å². The second-order valence-electron chi connectivity index (χ2n) is 6.35. The third-order valence-electron chi connectivity index (χ3n) is 3.09. The summed E-state index contributed by atoms with van der Waals surface area (Å²) in [7, 11) is 0. The largest absolute Gasteiger partial charge is 0.460 e. The smallest absolute Gasteiger partial charge is 0.320 e. The van der Waals surface area contributed by atoms with E-state index in [1.807, 2.05) is 62.9 Å². The van der Waals surface area contributed by atoms with Crippen LogP contribution in [0.1, 0.15) is 39.7 Å². The highest BCUT2D eigenvalue weighted by atomic mass is 16.6. The third kappa shape index (κ3) is 8.98. The lowest BCUT2D eigenvalue weighted by Crippen LogP contribution is -2.34. The SMILES string of the molecule is CCN(CCC(=O)OC(C)(C)C)CC(=O)OCc1ccccc1. The van der Waals surface area contributed by atoms with Gasteiger partial charge in [0.1, 0.15) is 12.2 Å². The number of hydrogen-bond donors (Lipinski definition) is 0. The molecule has 0 saturated heterocycles. The summed E-state index contributed by atoms with van der Waals surface area (Å²) in [6, 6.07) is 9.55. The molecule has 0 aliphatic heterocycles. The van der Waals surface area contributed by atoms with Gasteiger partial charge in [0.15, 0.2) is 0 Å². The Hall–Kier alpha value is -1.88. The summed E-state index contributed by atoms with van der Waals surface area (Å²) in [4.78, 5) is 25.5. The fraction of sp³-hybridized carbons (Fsp3) is 0.556. The summed E-state index contributed by atoms with van der Waals surface area (Å²) >= 11 is 0. The second kappa shape index (κ2) is 9.30. The van der Waals surface area contributed by atoms with Gasteiger partial charge in [0, 0.05) is 6.54 Å². The Morgan fingerprint density at radius 1 is 1.09 bits per heavy atom. The molecule has 128 valence electrons. The lowest BCUT2D eigenvalue weighted by molar-refractivity contribution is -0.156. The first-order chi connectivity index (χ1) is 10.8. The minimum absolute atomic E-state index is 0.173. The van der Waals surface area contributed by atoms with Crippen molar-refractivity contribution in [3.8, 4) is 0 Å². The Bertz CT molecular complexity index is 493.